The fraction of sp³-hybridized carbons (Fsp3) is 0.643. The molecular weight excluding hydrogens is 258 g/mol. The van der Waals surface area contributed by atoms with Gasteiger partial charge in [0, 0.05) is 18.0 Å². The zero-order chi connectivity index (χ0) is 13.7. The molecular formula is C14H17N3O3. The molecule has 1 aromatic rings. The number of carbonyl (C=O) groups is 2. The number of imide groups is 1. The summed E-state index contributed by atoms with van der Waals surface area (Å²) in [6.07, 6.45) is 6.14. The third-order valence-electron chi connectivity index (χ3n) is 4.41. The molecule has 0 unspecified atom stereocenters. The normalized spacial score (nSPS) is 22.6. The first-order valence-electron chi connectivity index (χ1n) is 7.31. The Hall–Kier alpha value is -1.85. The molecule has 0 N–H and O–H groups in total. The van der Waals surface area contributed by atoms with Crippen molar-refractivity contribution in [1.82, 2.24) is 15.0 Å². The van der Waals surface area contributed by atoms with Crippen LogP contribution in [0.25, 0.3) is 0 Å². The number of hydrogen-bond acceptors (Lipinski definition) is 4. The summed E-state index contributed by atoms with van der Waals surface area (Å²) in [5, 5.41) is 4.08. The van der Waals surface area contributed by atoms with Gasteiger partial charge in [-0.1, -0.05) is 5.16 Å². The summed E-state index contributed by atoms with van der Waals surface area (Å²) >= 11 is 0. The van der Waals surface area contributed by atoms with Crippen LogP contribution in [0.2, 0.25) is 0 Å². The van der Waals surface area contributed by atoms with Crippen molar-refractivity contribution in [1.29, 1.82) is 0 Å². The predicted molar refractivity (Wildman–Crippen MR) is 68.8 cm³/mol. The van der Waals surface area contributed by atoms with Crippen molar-refractivity contribution in [2.24, 2.45) is 0 Å². The van der Waals surface area contributed by atoms with Gasteiger partial charge >= 0.3 is 6.03 Å². The summed E-state index contributed by atoms with van der Waals surface area (Å²) in [4.78, 5) is 27.3. The minimum Gasteiger partial charge on any atom is -0.361 e. The molecule has 20 heavy (non-hydrogen) atoms. The Morgan fingerprint density at radius 1 is 1.20 bits per heavy atom. The number of aromatic nitrogens is 1. The van der Waals surface area contributed by atoms with E-state index in [1.807, 2.05) is 0 Å². The van der Waals surface area contributed by atoms with Crippen molar-refractivity contribution in [3.63, 3.8) is 0 Å². The third kappa shape index (κ3) is 1.82. The number of nitrogens with zero attached hydrogens (tertiary/aromatic N) is 3. The largest absolute Gasteiger partial charge is 0.361 e. The second kappa shape index (κ2) is 4.33. The molecule has 4 rings (SSSR count). The van der Waals surface area contributed by atoms with E-state index in [9.17, 15) is 9.59 Å². The number of fused-ring (bicyclic) bond motifs is 1. The molecule has 1 saturated carbocycles. The van der Waals surface area contributed by atoms with Gasteiger partial charge in [0.2, 0.25) is 0 Å². The first-order valence-corrected chi connectivity index (χ1v) is 7.31. The van der Waals surface area contributed by atoms with Gasteiger partial charge in [-0.15, -0.1) is 0 Å². The lowest BCUT2D eigenvalue weighted by atomic mass is 9.96. The van der Waals surface area contributed by atoms with Crippen LogP contribution in [-0.2, 0) is 24.2 Å². The first-order chi connectivity index (χ1) is 9.74. The SMILES string of the molecule is O=C1CN(C2CC2)C(=O)N1Cc1noc2c1CCCC2. The topological polar surface area (TPSA) is 66.7 Å². The monoisotopic (exact) mass is 275 g/mol. The minimum atomic E-state index is -0.162. The molecule has 2 aliphatic carbocycles. The Bertz CT molecular complexity index is 576. The van der Waals surface area contributed by atoms with E-state index in [0.717, 1.165) is 55.5 Å². The van der Waals surface area contributed by atoms with Crippen LogP contribution in [-0.4, -0.2) is 39.5 Å². The second-order valence-electron chi connectivity index (χ2n) is 5.86. The molecule has 0 radical (unpaired) electrons. The average Bonchev–Trinajstić information content (AvgIpc) is 3.16. The molecule has 3 amide bonds. The number of amides is 3. The van der Waals surface area contributed by atoms with E-state index < -0.39 is 0 Å². The molecule has 2 heterocycles. The zero-order valence-corrected chi connectivity index (χ0v) is 11.3. The minimum absolute atomic E-state index is 0.116. The quantitative estimate of drug-likeness (QED) is 0.784. The predicted octanol–water partition coefficient (Wildman–Crippen LogP) is 1.48. The summed E-state index contributed by atoms with van der Waals surface area (Å²) in [5.41, 5.74) is 1.88. The van der Waals surface area contributed by atoms with Gasteiger partial charge < -0.3 is 9.42 Å². The summed E-state index contributed by atoms with van der Waals surface area (Å²) in [6, 6.07) is 0.118. The highest BCUT2D eigenvalue weighted by atomic mass is 16.5. The van der Waals surface area contributed by atoms with Gasteiger partial charge in [0.05, 0.1) is 6.54 Å². The number of hydrogen-bond donors (Lipinski definition) is 0. The van der Waals surface area contributed by atoms with Crippen LogP contribution in [0.3, 0.4) is 0 Å². The van der Waals surface area contributed by atoms with Gasteiger partial charge in [0.25, 0.3) is 5.91 Å². The number of carbonyl (C=O) groups excluding carboxylic acids is 2. The van der Waals surface area contributed by atoms with Crippen molar-refractivity contribution in [3.8, 4) is 0 Å². The van der Waals surface area contributed by atoms with E-state index in [2.05, 4.69) is 5.16 Å². The van der Waals surface area contributed by atoms with Crippen LogP contribution in [0, 0.1) is 0 Å². The fourth-order valence-electron chi connectivity index (χ4n) is 3.11. The van der Waals surface area contributed by atoms with Crippen molar-refractivity contribution in [3.05, 3.63) is 17.0 Å². The molecule has 6 nitrogen and oxygen atoms in total. The van der Waals surface area contributed by atoms with Crippen LogP contribution in [0.15, 0.2) is 4.52 Å². The van der Waals surface area contributed by atoms with Crippen molar-refractivity contribution in [2.45, 2.75) is 51.1 Å². The highest BCUT2D eigenvalue weighted by Crippen LogP contribution is 2.31. The molecule has 0 bridgehead atoms. The first kappa shape index (κ1) is 11.9. The van der Waals surface area contributed by atoms with Crippen molar-refractivity contribution >= 4 is 11.9 Å². The highest BCUT2D eigenvalue weighted by molar-refractivity contribution is 6.02. The molecule has 1 aliphatic heterocycles. The van der Waals surface area contributed by atoms with E-state index >= 15 is 0 Å². The lowest BCUT2D eigenvalue weighted by Crippen LogP contribution is -2.34. The van der Waals surface area contributed by atoms with Crippen molar-refractivity contribution < 1.29 is 14.1 Å². The molecule has 1 saturated heterocycles. The van der Waals surface area contributed by atoms with Gasteiger partial charge in [0.15, 0.2) is 0 Å². The van der Waals surface area contributed by atoms with Gasteiger partial charge in [-0.25, -0.2) is 4.79 Å². The van der Waals surface area contributed by atoms with Crippen LogP contribution in [0.5, 0.6) is 0 Å². The van der Waals surface area contributed by atoms with E-state index in [4.69, 9.17) is 4.52 Å². The van der Waals surface area contributed by atoms with Gasteiger partial charge in [-0.2, -0.15) is 0 Å². The zero-order valence-electron chi connectivity index (χ0n) is 11.3. The maximum Gasteiger partial charge on any atom is 0.327 e. The summed E-state index contributed by atoms with van der Waals surface area (Å²) < 4.78 is 5.34. The molecule has 0 spiro atoms. The van der Waals surface area contributed by atoms with Gasteiger partial charge in [0.1, 0.15) is 18.0 Å². The Morgan fingerprint density at radius 3 is 2.80 bits per heavy atom. The van der Waals surface area contributed by atoms with E-state index in [1.54, 1.807) is 4.90 Å². The highest BCUT2D eigenvalue weighted by Gasteiger charge is 2.44. The molecule has 3 aliphatic rings. The molecule has 106 valence electrons. The molecule has 1 aromatic heterocycles. The lowest BCUT2D eigenvalue weighted by molar-refractivity contribution is -0.125. The van der Waals surface area contributed by atoms with Crippen LogP contribution < -0.4 is 0 Å². The standard InChI is InChI=1S/C14H17N3O3/c18-13-8-16(9-5-6-9)14(19)17(13)7-11-10-3-1-2-4-12(10)20-15-11/h9H,1-8H2. The van der Waals surface area contributed by atoms with Crippen molar-refractivity contribution in [2.75, 3.05) is 6.54 Å². The maximum absolute atomic E-state index is 12.3. The smallest absolute Gasteiger partial charge is 0.327 e. The molecule has 0 aromatic carbocycles. The van der Waals surface area contributed by atoms with Gasteiger partial charge in [-0.05, 0) is 32.1 Å². The maximum atomic E-state index is 12.3. The van der Waals surface area contributed by atoms with E-state index in [1.165, 1.54) is 4.90 Å². The van der Waals surface area contributed by atoms with E-state index in [0.29, 0.717) is 0 Å². The van der Waals surface area contributed by atoms with E-state index in [-0.39, 0.29) is 31.1 Å². The summed E-state index contributed by atoms with van der Waals surface area (Å²) in [7, 11) is 0. The second-order valence-corrected chi connectivity index (χ2v) is 5.86. The van der Waals surface area contributed by atoms with Crippen LogP contribution in [0.4, 0.5) is 4.79 Å². The Kier molecular flexibility index (Phi) is 2.58. The Labute approximate surface area is 116 Å². The summed E-state index contributed by atoms with van der Waals surface area (Å²) in [5.74, 6) is 0.818. The number of urea groups is 1. The fourth-order valence-corrected chi connectivity index (χ4v) is 3.11. The number of aryl methyl sites for hydroxylation is 1. The molecule has 2 fully saturated rings. The average molecular weight is 275 g/mol. The van der Waals surface area contributed by atoms with Gasteiger partial charge in [-0.3, -0.25) is 9.69 Å². The molecule has 6 heteroatoms. The Balaban J connectivity index is 1.55. The van der Waals surface area contributed by atoms with Crippen LogP contribution in [0.1, 0.15) is 42.7 Å². The Morgan fingerprint density at radius 2 is 2.00 bits per heavy atom. The van der Waals surface area contributed by atoms with Crippen LogP contribution >= 0.6 is 0 Å². The number of rotatable bonds is 3. The third-order valence-corrected chi connectivity index (χ3v) is 4.41. The summed E-state index contributed by atoms with van der Waals surface area (Å²) in [6.45, 7) is 0.489. The molecule has 0 atom stereocenters. The lowest BCUT2D eigenvalue weighted by Gasteiger charge is -2.16.